The number of rotatable bonds is 7. The molecular formula is C21H22FNO4S. The molecule has 1 atom stereocenters. The SMILES string of the molecule is C=CCOc1ccc(C(=O)N(Cc2cccc(F)c2)[C@H]2CCS(=O)(=O)C2)cc1. The van der Waals surface area contributed by atoms with Crippen LogP contribution < -0.4 is 4.74 Å². The van der Waals surface area contributed by atoms with E-state index in [-0.39, 0.29) is 24.0 Å². The summed E-state index contributed by atoms with van der Waals surface area (Å²) < 4.78 is 42.9. The van der Waals surface area contributed by atoms with Crippen LogP contribution >= 0.6 is 0 Å². The Hall–Kier alpha value is -2.67. The Morgan fingerprint density at radius 3 is 2.61 bits per heavy atom. The van der Waals surface area contributed by atoms with E-state index in [1.165, 1.54) is 17.0 Å². The highest BCUT2D eigenvalue weighted by molar-refractivity contribution is 7.91. The largest absolute Gasteiger partial charge is 0.490 e. The Balaban J connectivity index is 1.85. The second-order valence-electron chi connectivity index (χ2n) is 6.74. The predicted molar refractivity (Wildman–Crippen MR) is 105 cm³/mol. The molecule has 0 aromatic heterocycles. The third kappa shape index (κ3) is 4.98. The zero-order chi connectivity index (χ0) is 20.1. The maximum absolute atomic E-state index is 13.6. The highest BCUT2D eigenvalue weighted by Crippen LogP contribution is 2.23. The molecule has 0 N–H and O–H groups in total. The van der Waals surface area contributed by atoms with E-state index in [1.807, 2.05) is 0 Å². The van der Waals surface area contributed by atoms with Gasteiger partial charge in [0.25, 0.3) is 5.91 Å². The van der Waals surface area contributed by atoms with E-state index in [4.69, 9.17) is 4.74 Å². The number of hydrogen-bond acceptors (Lipinski definition) is 4. The molecule has 2 aromatic rings. The molecule has 148 valence electrons. The van der Waals surface area contributed by atoms with Crippen molar-refractivity contribution < 1.29 is 22.3 Å². The minimum Gasteiger partial charge on any atom is -0.490 e. The average molecular weight is 403 g/mol. The van der Waals surface area contributed by atoms with Crippen molar-refractivity contribution >= 4 is 15.7 Å². The van der Waals surface area contributed by atoms with Gasteiger partial charge in [-0.3, -0.25) is 4.79 Å². The van der Waals surface area contributed by atoms with Gasteiger partial charge in [-0.2, -0.15) is 0 Å². The van der Waals surface area contributed by atoms with E-state index < -0.39 is 21.7 Å². The first-order chi connectivity index (χ1) is 13.4. The molecule has 5 nitrogen and oxygen atoms in total. The zero-order valence-electron chi connectivity index (χ0n) is 15.4. The normalized spacial score (nSPS) is 17.8. The predicted octanol–water partition coefficient (Wildman–Crippen LogP) is 3.22. The molecule has 1 saturated heterocycles. The standard InChI is InChI=1S/C21H22FNO4S/c1-2-11-27-20-8-6-17(7-9-20)21(24)23(19-10-12-28(25,26)15-19)14-16-4-3-5-18(22)13-16/h2-9,13,19H,1,10-12,14-15H2/t19-/m0/s1. The topological polar surface area (TPSA) is 63.7 Å². The summed E-state index contributed by atoms with van der Waals surface area (Å²) in [6.45, 7) is 4.09. The highest BCUT2D eigenvalue weighted by atomic mass is 32.2. The zero-order valence-corrected chi connectivity index (χ0v) is 16.2. The van der Waals surface area contributed by atoms with E-state index in [2.05, 4.69) is 6.58 Å². The van der Waals surface area contributed by atoms with Crippen LogP contribution in [-0.4, -0.2) is 43.4 Å². The Morgan fingerprint density at radius 2 is 2.00 bits per heavy atom. The Morgan fingerprint density at radius 1 is 1.25 bits per heavy atom. The number of carbonyl (C=O) groups excluding carboxylic acids is 1. The third-order valence-corrected chi connectivity index (χ3v) is 6.37. The summed E-state index contributed by atoms with van der Waals surface area (Å²) in [5.74, 6) is -0.0982. The monoisotopic (exact) mass is 403 g/mol. The summed E-state index contributed by atoms with van der Waals surface area (Å²) in [7, 11) is -3.17. The fourth-order valence-corrected chi connectivity index (χ4v) is 4.97. The van der Waals surface area contributed by atoms with Crippen LogP contribution in [0.3, 0.4) is 0 Å². The van der Waals surface area contributed by atoms with Gasteiger partial charge in [-0.25, -0.2) is 12.8 Å². The molecular weight excluding hydrogens is 381 g/mol. The number of sulfone groups is 1. The van der Waals surface area contributed by atoms with Gasteiger partial charge >= 0.3 is 0 Å². The fourth-order valence-electron chi connectivity index (χ4n) is 3.23. The van der Waals surface area contributed by atoms with Crippen LogP contribution in [0.4, 0.5) is 4.39 Å². The first-order valence-electron chi connectivity index (χ1n) is 8.97. The molecule has 0 saturated carbocycles. The van der Waals surface area contributed by atoms with Crippen LogP contribution in [0.25, 0.3) is 0 Å². The number of nitrogens with zero attached hydrogens (tertiary/aromatic N) is 1. The van der Waals surface area contributed by atoms with Crippen molar-refractivity contribution in [3.8, 4) is 5.75 Å². The van der Waals surface area contributed by atoms with Gasteiger partial charge in [0.2, 0.25) is 0 Å². The third-order valence-electron chi connectivity index (χ3n) is 4.62. The van der Waals surface area contributed by atoms with E-state index in [9.17, 15) is 17.6 Å². The summed E-state index contributed by atoms with van der Waals surface area (Å²) in [5.41, 5.74) is 1.04. The van der Waals surface area contributed by atoms with Gasteiger partial charge in [0, 0.05) is 18.2 Å². The molecule has 1 heterocycles. The summed E-state index contributed by atoms with van der Waals surface area (Å²) in [6, 6.07) is 12.2. The van der Waals surface area contributed by atoms with Crippen LogP contribution in [0.15, 0.2) is 61.2 Å². The van der Waals surface area contributed by atoms with Crippen LogP contribution in [0.2, 0.25) is 0 Å². The van der Waals surface area contributed by atoms with Crippen molar-refractivity contribution in [3.05, 3.63) is 78.1 Å². The van der Waals surface area contributed by atoms with Gasteiger partial charge < -0.3 is 9.64 Å². The molecule has 3 rings (SSSR count). The Labute approximate surface area is 164 Å². The second-order valence-corrected chi connectivity index (χ2v) is 8.97. The lowest BCUT2D eigenvalue weighted by atomic mass is 10.1. The number of benzene rings is 2. The summed E-state index contributed by atoms with van der Waals surface area (Å²) >= 11 is 0. The molecule has 1 fully saturated rings. The van der Waals surface area contributed by atoms with Gasteiger partial charge in [0.15, 0.2) is 9.84 Å². The molecule has 1 aliphatic rings. The number of amides is 1. The molecule has 0 aliphatic carbocycles. The molecule has 1 aliphatic heterocycles. The molecule has 1 amide bonds. The molecule has 0 unspecified atom stereocenters. The first-order valence-corrected chi connectivity index (χ1v) is 10.8. The maximum atomic E-state index is 13.6. The van der Waals surface area contributed by atoms with E-state index >= 15 is 0 Å². The van der Waals surface area contributed by atoms with Crippen molar-refractivity contribution in [2.45, 2.75) is 19.0 Å². The Bertz CT molecular complexity index is 957. The lowest BCUT2D eigenvalue weighted by molar-refractivity contribution is 0.0680. The van der Waals surface area contributed by atoms with Gasteiger partial charge in [0.05, 0.1) is 11.5 Å². The van der Waals surface area contributed by atoms with Gasteiger partial charge in [0.1, 0.15) is 18.2 Å². The molecule has 7 heteroatoms. The molecule has 28 heavy (non-hydrogen) atoms. The number of hydrogen-bond donors (Lipinski definition) is 0. The maximum Gasteiger partial charge on any atom is 0.254 e. The first kappa shape index (κ1) is 20.1. The number of halogens is 1. The van der Waals surface area contributed by atoms with Crippen molar-refractivity contribution in [1.29, 1.82) is 0 Å². The van der Waals surface area contributed by atoms with Crippen LogP contribution in [-0.2, 0) is 16.4 Å². The Kier molecular flexibility index (Phi) is 6.14. The lowest BCUT2D eigenvalue weighted by Crippen LogP contribution is -2.40. The van der Waals surface area contributed by atoms with Crippen molar-refractivity contribution in [3.63, 3.8) is 0 Å². The number of ether oxygens (including phenoxy) is 1. The molecule has 0 spiro atoms. The molecule has 0 radical (unpaired) electrons. The van der Waals surface area contributed by atoms with Crippen molar-refractivity contribution in [2.24, 2.45) is 0 Å². The van der Waals surface area contributed by atoms with Crippen molar-refractivity contribution in [1.82, 2.24) is 4.90 Å². The second kappa shape index (κ2) is 8.56. The van der Waals surface area contributed by atoms with Crippen LogP contribution in [0.5, 0.6) is 5.75 Å². The van der Waals surface area contributed by atoms with Crippen LogP contribution in [0, 0.1) is 5.82 Å². The smallest absolute Gasteiger partial charge is 0.254 e. The highest BCUT2D eigenvalue weighted by Gasteiger charge is 2.35. The van der Waals surface area contributed by atoms with Gasteiger partial charge in [-0.05, 0) is 48.4 Å². The molecule has 2 aromatic carbocycles. The minimum absolute atomic E-state index is 0.0545. The molecule has 0 bridgehead atoms. The summed E-state index contributed by atoms with van der Waals surface area (Å²) in [5, 5.41) is 0. The van der Waals surface area contributed by atoms with Crippen LogP contribution in [0.1, 0.15) is 22.3 Å². The van der Waals surface area contributed by atoms with Gasteiger partial charge in [-0.1, -0.05) is 24.8 Å². The average Bonchev–Trinajstić information content (AvgIpc) is 3.04. The minimum atomic E-state index is -3.17. The van der Waals surface area contributed by atoms with E-state index in [0.29, 0.717) is 29.9 Å². The van der Waals surface area contributed by atoms with Crippen molar-refractivity contribution in [2.75, 3.05) is 18.1 Å². The summed E-state index contributed by atoms with van der Waals surface area (Å²) in [4.78, 5) is 14.7. The quantitative estimate of drug-likeness (QED) is 0.666. The number of carbonyl (C=O) groups is 1. The van der Waals surface area contributed by atoms with E-state index in [0.717, 1.165) is 0 Å². The fraction of sp³-hybridized carbons (Fsp3) is 0.286. The lowest BCUT2D eigenvalue weighted by Gasteiger charge is -2.28. The van der Waals surface area contributed by atoms with Gasteiger partial charge in [-0.15, -0.1) is 0 Å². The van der Waals surface area contributed by atoms with E-state index in [1.54, 1.807) is 42.5 Å². The summed E-state index contributed by atoms with van der Waals surface area (Å²) in [6.07, 6.45) is 2.00.